The van der Waals surface area contributed by atoms with E-state index in [0.29, 0.717) is 12.6 Å². The number of pyridine rings is 1. The van der Waals surface area contributed by atoms with Crippen LogP contribution < -0.4 is 5.32 Å². The van der Waals surface area contributed by atoms with Gasteiger partial charge in [-0.25, -0.2) is 0 Å². The van der Waals surface area contributed by atoms with E-state index in [9.17, 15) is 4.79 Å². The predicted molar refractivity (Wildman–Crippen MR) is 103 cm³/mol. The van der Waals surface area contributed by atoms with E-state index in [0.717, 1.165) is 52.1 Å². The highest BCUT2D eigenvalue weighted by Gasteiger charge is 2.31. The van der Waals surface area contributed by atoms with Crippen LogP contribution in [0.1, 0.15) is 24.1 Å². The van der Waals surface area contributed by atoms with Crippen LogP contribution in [0.25, 0.3) is 0 Å². The molecule has 2 aliphatic heterocycles. The number of nitrogens with one attached hydrogen (secondary N) is 1. The maximum atomic E-state index is 12.9. The van der Waals surface area contributed by atoms with Gasteiger partial charge in [0.2, 0.25) is 5.91 Å². The molecule has 1 N–H and O–H groups in total. The molecule has 1 saturated heterocycles. The number of hydrogen-bond acceptors (Lipinski definition) is 4. The SMILES string of the molecule is O=C(NCCc1ccncc1)[C@H]1CN(C2CCOCC2)Cc2cccn2C1. The zero-order valence-electron chi connectivity index (χ0n) is 15.7. The lowest BCUT2D eigenvalue weighted by atomic mass is 10.0. The van der Waals surface area contributed by atoms with Gasteiger partial charge < -0.3 is 14.6 Å². The molecule has 2 aliphatic rings. The lowest BCUT2D eigenvalue weighted by Gasteiger charge is -2.34. The second kappa shape index (κ2) is 8.67. The number of carbonyl (C=O) groups is 1. The Balaban J connectivity index is 1.40. The van der Waals surface area contributed by atoms with Gasteiger partial charge in [0.05, 0.1) is 5.92 Å². The summed E-state index contributed by atoms with van der Waals surface area (Å²) in [6.07, 6.45) is 8.62. The Kier molecular flexibility index (Phi) is 5.84. The standard InChI is InChI=1S/C21H28N4O2/c26-21(23-10-5-17-3-8-22-9-4-17)18-14-24-11-1-2-20(24)16-25(15-18)19-6-12-27-13-7-19/h1-4,8-9,11,18-19H,5-7,10,12-16H2,(H,23,26)/t18-/m1/s1. The van der Waals surface area contributed by atoms with Crippen LogP contribution in [0.2, 0.25) is 0 Å². The Bertz CT molecular complexity index is 740. The van der Waals surface area contributed by atoms with Gasteiger partial charge in [-0.2, -0.15) is 0 Å². The molecule has 0 unspecified atom stereocenters. The second-order valence-corrected chi connectivity index (χ2v) is 7.52. The van der Waals surface area contributed by atoms with Crippen molar-refractivity contribution in [2.75, 3.05) is 26.3 Å². The molecule has 144 valence electrons. The van der Waals surface area contributed by atoms with E-state index in [2.05, 4.69) is 38.1 Å². The molecule has 27 heavy (non-hydrogen) atoms. The van der Waals surface area contributed by atoms with Crippen molar-refractivity contribution >= 4 is 5.91 Å². The molecule has 6 nitrogen and oxygen atoms in total. The van der Waals surface area contributed by atoms with Crippen LogP contribution in [-0.2, 0) is 29.0 Å². The normalized spacial score (nSPS) is 21.4. The molecule has 4 rings (SSSR count). The van der Waals surface area contributed by atoms with Gasteiger partial charge in [-0.1, -0.05) is 0 Å². The average molecular weight is 368 g/mol. The summed E-state index contributed by atoms with van der Waals surface area (Å²) in [5.41, 5.74) is 2.50. The first-order valence-electron chi connectivity index (χ1n) is 9.92. The maximum absolute atomic E-state index is 12.9. The first-order chi connectivity index (χ1) is 13.3. The number of fused-ring (bicyclic) bond motifs is 1. The summed E-state index contributed by atoms with van der Waals surface area (Å²) < 4.78 is 7.77. The van der Waals surface area contributed by atoms with Gasteiger partial charge in [0.1, 0.15) is 0 Å². The zero-order chi connectivity index (χ0) is 18.5. The third-order valence-corrected chi connectivity index (χ3v) is 5.70. The highest BCUT2D eigenvalue weighted by molar-refractivity contribution is 5.78. The van der Waals surface area contributed by atoms with Crippen LogP contribution in [0.5, 0.6) is 0 Å². The fourth-order valence-corrected chi connectivity index (χ4v) is 4.14. The lowest BCUT2D eigenvalue weighted by Crippen LogP contribution is -2.44. The predicted octanol–water partition coefficient (Wildman–Crippen LogP) is 1.85. The van der Waals surface area contributed by atoms with Crippen LogP contribution in [0.15, 0.2) is 42.9 Å². The van der Waals surface area contributed by atoms with Gasteiger partial charge >= 0.3 is 0 Å². The number of hydrogen-bond donors (Lipinski definition) is 1. The maximum Gasteiger partial charge on any atom is 0.226 e. The number of aromatic nitrogens is 2. The third kappa shape index (κ3) is 4.57. The molecular weight excluding hydrogens is 340 g/mol. The third-order valence-electron chi connectivity index (χ3n) is 5.70. The molecule has 0 bridgehead atoms. The Morgan fingerprint density at radius 3 is 2.81 bits per heavy atom. The van der Waals surface area contributed by atoms with Gasteiger partial charge in [-0.3, -0.25) is 14.7 Å². The monoisotopic (exact) mass is 368 g/mol. The summed E-state index contributed by atoms with van der Waals surface area (Å²) in [7, 11) is 0. The minimum Gasteiger partial charge on any atom is -0.381 e. The topological polar surface area (TPSA) is 59.4 Å². The summed E-state index contributed by atoms with van der Waals surface area (Å²) in [4.78, 5) is 19.4. The fraction of sp³-hybridized carbons (Fsp3) is 0.524. The highest BCUT2D eigenvalue weighted by atomic mass is 16.5. The van der Waals surface area contributed by atoms with Crippen molar-refractivity contribution in [3.05, 3.63) is 54.1 Å². The molecule has 0 spiro atoms. The van der Waals surface area contributed by atoms with E-state index in [4.69, 9.17) is 4.74 Å². The first kappa shape index (κ1) is 18.2. The van der Waals surface area contributed by atoms with Crippen molar-refractivity contribution in [3.8, 4) is 0 Å². The van der Waals surface area contributed by atoms with E-state index in [-0.39, 0.29) is 11.8 Å². The zero-order valence-corrected chi connectivity index (χ0v) is 15.7. The van der Waals surface area contributed by atoms with Crippen molar-refractivity contribution in [3.63, 3.8) is 0 Å². The second-order valence-electron chi connectivity index (χ2n) is 7.52. The molecule has 1 amide bonds. The Morgan fingerprint density at radius 2 is 2.00 bits per heavy atom. The Hall–Kier alpha value is -2.18. The van der Waals surface area contributed by atoms with Crippen molar-refractivity contribution < 1.29 is 9.53 Å². The molecule has 1 fully saturated rings. The Labute approximate surface area is 160 Å². The van der Waals surface area contributed by atoms with Crippen LogP contribution in [0.4, 0.5) is 0 Å². The molecule has 4 heterocycles. The quantitative estimate of drug-likeness (QED) is 0.875. The van der Waals surface area contributed by atoms with E-state index in [1.54, 1.807) is 12.4 Å². The van der Waals surface area contributed by atoms with E-state index >= 15 is 0 Å². The number of amides is 1. The smallest absolute Gasteiger partial charge is 0.226 e. The van der Waals surface area contributed by atoms with Crippen LogP contribution in [0, 0.1) is 5.92 Å². The molecule has 6 heteroatoms. The van der Waals surface area contributed by atoms with Crippen LogP contribution >= 0.6 is 0 Å². The number of nitrogens with zero attached hydrogens (tertiary/aromatic N) is 3. The fourth-order valence-electron chi connectivity index (χ4n) is 4.14. The van der Waals surface area contributed by atoms with Crippen molar-refractivity contribution in [1.29, 1.82) is 0 Å². The van der Waals surface area contributed by atoms with Crippen molar-refractivity contribution in [2.24, 2.45) is 5.92 Å². The number of ether oxygens (including phenoxy) is 1. The van der Waals surface area contributed by atoms with Gasteiger partial charge in [-0.05, 0) is 49.1 Å². The minimum absolute atomic E-state index is 0.0288. The summed E-state index contributed by atoms with van der Waals surface area (Å²) in [5.74, 6) is 0.126. The number of rotatable bonds is 5. The van der Waals surface area contributed by atoms with Crippen molar-refractivity contribution in [2.45, 2.75) is 38.4 Å². The summed E-state index contributed by atoms with van der Waals surface area (Å²) in [6, 6.07) is 8.76. The van der Waals surface area contributed by atoms with Gasteiger partial charge in [-0.15, -0.1) is 0 Å². The summed E-state index contributed by atoms with van der Waals surface area (Å²) in [5, 5.41) is 3.15. The Morgan fingerprint density at radius 1 is 1.19 bits per heavy atom. The average Bonchev–Trinajstić information content (AvgIpc) is 3.06. The lowest BCUT2D eigenvalue weighted by molar-refractivity contribution is -0.126. The molecule has 0 radical (unpaired) electrons. The van der Waals surface area contributed by atoms with Gasteiger partial charge in [0.25, 0.3) is 0 Å². The number of carbonyl (C=O) groups excluding carboxylic acids is 1. The van der Waals surface area contributed by atoms with Gasteiger partial charge in [0, 0.05) is 69.7 Å². The van der Waals surface area contributed by atoms with Crippen LogP contribution in [-0.4, -0.2) is 52.7 Å². The molecule has 2 aromatic heterocycles. The van der Waals surface area contributed by atoms with Crippen LogP contribution in [0.3, 0.4) is 0 Å². The van der Waals surface area contributed by atoms with Gasteiger partial charge in [0.15, 0.2) is 0 Å². The van der Waals surface area contributed by atoms with E-state index in [1.165, 1.54) is 11.3 Å². The summed E-state index contributed by atoms with van der Waals surface area (Å²) >= 11 is 0. The molecule has 0 aliphatic carbocycles. The first-order valence-corrected chi connectivity index (χ1v) is 9.92. The van der Waals surface area contributed by atoms with E-state index in [1.807, 2.05) is 12.1 Å². The van der Waals surface area contributed by atoms with Crippen molar-refractivity contribution in [1.82, 2.24) is 19.8 Å². The molecular formula is C21H28N4O2. The molecule has 0 saturated carbocycles. The largest absolute Gasteiger partial charge is 0.381 e. The summed E-state index contributed by atoms with van der Waals surface area (Å²) in [6.45, 7) is 4.79. The highest BCUT2D eigenvalue weighted by Crippen LogP contribution is 2.23. The molecule has 1 atom stereocenters. The minimum atomic E-state index is -0.0288. The molecule has 2 aromatic rings. The molecule has 0 aromatic carbocycles. The van der Waals surface area contributed by atoms with E-state index < -0.39 is 0 Å².